The molecule has 0 aliphatic rings. The van der Waals surface area contributed by atoms with Gasteiger partial charge in [-0.2, -0.15) is 0 Å². The molecule has 1 aromatic rings. The molecule has 0 bridgehead atoms. The monoisotopic (exact) mass is 320 g/mol. The summed E-state index contributed by atoms with van der Waals surface area (Å²) in [5, 5.41) is 0. The first-order chi connectivity index (χ1) is 4.70. The van der Waals surface area contributed by atoms with Crippen LogP contribution in [0.25, 0.3) is 0 Å². The standard InChI is InChI=1S/C6H4BrF2I/c7-5-1-3-6(4-2-5)10(8)9/h1-4H. The third kappa shape index (κ3) is 2.16. The van der Waals surface area contributed by atoms with Gasteiger partial charge < -0.3 is 0 Å². The summed E-state index contributed by atoms with van der Waals surface area (Å²) in [5.41, 5.74) is 0. The van der Waals surface area contributed by atoms with Crippen molar-refractivity contribution in [3.63, 3.8) is 0 Å². The number of rotatable bonds is 1. The van der Waals surface area contributed by atoms with E-state index >= 15 is 0 Å². The maximum atomic E-state index is 12.0. The van der Waals surface area contributed by atoms with Crippen LogP contribution in [0, 0.1) is 3.57 Å². The predicted molar refractivity (Wildman–Crippen MR) is 49.1 cm³/mol. The predicted octanol–water partition coefficient (Wildman–Crippen LogP) is 3.89. The second kappa shape index (κ2) is 3.61. The molecule has 0 saturated heterocycles. The first-order valence-corrected chi connectivity index (χ1v) is 5.99. The Kier molecular flexibility index (Phi) is 3.03. The van der Waals surface area contributed by atoms with Crippen LogP contribution in [0.4, 0.5) is 5.72 Å². The van der Waals surface area contributed by atoms with E-state index in [1.165, 1.54) is 12.1 Å². The van der Waals surface area contributed by atoms with Crippen LogP contribution >= 0.6 is 36.9 Å². The molecular formula is C6H4BrF2I. The molecule has 4 heteroatoms. The Morgan fingerprint density at radius 3 is 2.00 bits per heavy atom. The summed E-state index contributed by atoms with van der Waals surface area (Å²) in [7, 11) is 0. The second-order valence-electron chi connectivity index (χ2n) is 1.63. The fraction of sp³-hybridized carbons (Fsp3) is 0. The van der Waals surface area contributed by atoms with E-state index in [9.17, 15) is 5.72 Å². The number of hydrogen-bond donors (Lipinski definition) is 0. The van der Waals surface area contributed by atoms with Crippen LogP contribution in [-0.4, -0.2) is 0 Å². The summed E-state index contributed by atoms with van der Waals surface area (Å²) >= 11 is -0.557. The van der Waals surface area contributed by atoms with Crippen LogP contribution in [0.3, 0.4) is 0 Å². The minimum atomic E-state index is -3.72. The van der Waals surface area contributed by atoms with E-state index in [1.807, 2.05) is 0 Å². The molecule has 0 amide bonds. The summed E-state index contributed by atoms with van der Waals surface area (Å²) in [6.07, 6.45) is 0. The van der Waals surface area contributed by atoms with Crippen LogP contribution < -0.4 is 0 Å². The Labute approximate surface area is 74.7 Å². The molecule has 0 N–H and O–H groups in total. The van der Waals surface area contributed by atoms with Crippen LogP contribution in [0.15, 0.2) is 28.7 Å². The van der Waals surface area contributed by atoms with Gasteiger partial charge in [-0.25, -0.2) is 0 Å². The van der Waals surface area contributed by atoms with Gasteiger partial charge >= 0.3 is 74.9 Å². The Hall–Kier alpha value is 0.290. The average Bonchev–Trinajstić information content (AvgIpc) is 1.88. The van der Waals surface area contributed by atoms with Crippen molar-refractivity contribution in [3.8, 4) is 0 Å². The average molecular weight is 321 g/mol. The van der Waals surface area contributed by atoms with Gasteiger partial charge in [0.2, 0.25) is 0 Å². The Morgan fingerprint density at radius 2 is 1.60 bits per heavy atom. The fourth-order valence-electron chi connectivity index (χ4n) is 0.525. The number of hydrogen-bond acceptors (Lipinski definition) is 0. The summed E-state index contributed by atoms with van der Waals surface area (Å²) in [6.45, 7) is 0. The molecule has 0 aliphatic carbocycles. The van der Waals surface area contributed by atoms with Crippen molar-refractivity contribution in [2.24, 2.45) is 0 Å². The van der Waals surface area contributed by atoms with Crippen molar-refractivity contribution in [2.45, 2.75) is 0 Å². The zero-order chi connectivity index (χ0) is 7.56. The molecule has 10 heavy (non-hydrogen) atoms. The van der Waals surface area contributed by atoms with Crippen LogP contribution in [0.5, 0.6) is 0 Å². The van der Waals surface area contributed by atoms with Gasteiger partial charge in [0.15, 0.2) is 0 Å². The van der Waals surface area contributed by atoms with Crippen molar-refractivity contribution in [2.75, 3.05) is 0 Å². The molecule has 0 fully saturated rings. The fourth-order valence-corrected chi connectivity index (χ4v) is 1.69. The SMILES string of the molecule is FI(F)c1ccc(Br)cc1. The molecule has 1 rings (SSSR count). The van der Waals surface area contributed by atoms with E-state index < -0.39 is 21.0 Å². The molecule has 0 spiro atoms. The molecule has 1 aromatic carbocycles. The molecule has 0 unspecified atom stereocenters. The van der Waals surface area contributed by atoms with Gasteiger partial charge in [0.05, 0.1) is 0 Å². The van der Waals surface area contributed by atoms with E-state index in [1.54, 1.807) is 12.1 Å². The van der Waals surface area contributed by atoms with Crippen molar-refractivity contribution in [1.29, 1.82) is 0 Å². The van der Waals surface area contributed by atoms with Gasteiger partial charge in [-0.15, -0.1) is 0 Å². The van der Waals surface area contributed by atoms with Crippen LogP contribution in [0.1, 0.15) is 0 Å². The molecule has 0 nitrogen and oxygen atoms in total. The molecule has 0 heterocycles. The van der Waals surface area contributed by atoms with Gasteiger partial charge in [0.25, 0.3) is 0 Å². The zero-order valence-electron chi connectivity index (χ0n) is 4.82. The first kappa shape index (κ1) is 8.39. The number of halogens is 4. The van der Waals surface area contributed by atoms with E-state index in [2.05, 4.69) is 15.9 Å². The van der Waals surface area contributed by atoms with Gasteiger partial charge in [-0.1, -0.05) is 0 Å². The molecule has 0 radical (unpaired) electrons. The quantitative estimate of drug-likeness (QED) is 0.689. The van der Waals surface area contributed by atoms with E-state index in [4.69, 9.17) is 0 Å². The number of benzene rings is 1. The zero-order valence-corrected chi connectivity index (χ0v) is 8.56. The summed E-state index contributed by atoms with van der Waals surface area (Å²) in [4.78, 5) is 0. The van der Waals surface area contributed by atoms with Crippen molar-refractivity contribution in [1.82, 2.24) is 0 Å². The Bertz CT molecular complexity index is 209. The molecule has 56 valence electrons. The normalized spacial score (nSPS) is 11.3. The Morgan fingerprint density at radius 1 is 1.10 bits per heavy atom. The first-order valence-electron chi connectivity index (χ1n) is 2.49. The molecular weight excluding hydrogens is 317 g/mol. The van der Waals surface area contributed by atoms with Crippen molar-refractivity contribution in [3.05, 3.63) is 32.3 Å². The van der Waals surface area contributed by atoms with E-state index in [0.717, 1.165) is 4.47 Å². The molecule has 0 atom stereocenters. The third-order valence-corrected chi connectivity index (χ3v) is 3.16. The summed E-state index contributed by atoms with van der Waals surface area (Å²) in [5.74, 6) is 0. The summed E-state index contributed by atoms with van der Waals surface area (Å²) in [6, 6.07) is 6.21. The van der Waals surface area contributed by atoms with Crippen molar-refractivity contribution >= 4 is 36.9 Å². The Balaban J connectivity index is 2.89. The minimum absolute atomic E-state index is 0.215. The van der Waals surface area contributed by atoms with Crippen LogP contribution in [0.2, 0.25) is 0 Å². The van der Waals surface area contributed by atoms with Crippen LogP contribution in [-0.2, 0) is 0 Å². The van der Waals surface area contributed by atoms with Crippen molar-refractivity contribution < 1.29 is 5.72 Å². The van der Waals surface area contributed by atoms with Gasteiger partial charge in [-0.3, -0.25) is 0 Å². The van der Waals surface area contributed by atoms with Gasteiger partial charge in [0, 0.05) is 0 Å². The third-order valence-electron chi connectivity index (χ3n) is 0.969. The van der Waals surface area contributed by atoms with E-state index in [0.29, 0.717) is 0 Å². The summed E-state index contributed by atoms with van der Waals surface area (Å²) < 4.78 is 25.1. The second-order valence-corrected chi connectivity index (χ2v) is 4.92. The molecule has 0 aromatic heterocycles. The van der Waals surface area contributed by atoms with E-state index in [-0.39, 0.29) is 3.57 Å². The topological polar surface area (TPSA) is 0 Å². The molecule has 0 saturated carbocycles. The maximum absolute atomic E-state index is 12.0. The van der Waals surface area contributed by atoms with Gasteiger partial charge in [-0.05, 0) is 0 Å². The van der Waals surface area contributed by atoms with Gasteiger partial charge in [0.1, 0.15) is 0 Å². The molecule has 0 aliphatic heterocycles.